The van der Waals surface area contributed by atoms with Crippen LogP contribution < -0.4 is 5.32 Å². The van der Waals surface area contributed by atoms with Gasteiger partial charge >= 0.3 is 0 Å². The van der Waals surface area contributed by atoms with Gasteiger partial charge < -0.3 is 5.32 Å². The van der Waals surface area contributed by atoms with Gasteiger partial charge in [0, 0.05) is 10.7 Å². The quantitative estimate of drug-likeness (QED) is 0.943. The molecule has 2 rings (SSSR count). The van der Waals surface area contributed by atoms with E-state index in [0.717, 1.165) is 15.9 Å². The molecule has 84 valence electrons. The van der Waals surface area contributed by atoms with E-state index in [0.29, 0.717) is 12.1 Å². The molecule has 0 saturated heterocycles. The van der Waals surface area contributed by atoms with Crippen molar-refractivity contribution in [1.29, 1.82) is 5.26 Å². The first kappa shape index (κ1) is 11.6. The van der Waals surface area contributed by atoms with Gasteiger partial charge in [-0.15, -0.1) is 0 Å². The van der Waals surface area contributed by atoms with E-state index in [-0.39, 0.29) is 0 Å². The Kier molecular flexibility index (Phi) is 3.68. The average molecular weight is 289 g/mol. The standard InChI is InChI=1S/C12H9BrN4/c13-10-3-4-12(9(6-10)7-14)15-8-11-2-1-5-16-17-11/h1-6,15H,8H2. The minimum atomic E-state index is 0.546. The molecule has 0 aliphatic heterocycles. The van der Waals surface area contributed by atoms with Crippen LogP contribution in [0.25, 0.3) is 0 Å². The van der Waals surface area contributed by atoms with Gasteiger partial charge in [0.15, 0.2) is 0 Å². The van der Waals surface area contributed by atoms with Crippen molar-refractivity contribution in [1.82, 2.24) is 10.2 Å². The summed E-state index contributed by atoms with van der Waals surface area (Å²) in [7, 11) is 0. The monoisotopic (exact) mass is 288 g/mol. The van der Waals surface area contributed by atoms with Gasteiger partial charge in [-0.3, -0.25) is 0 Å². The summed E-state index contributed by atoms with van der Waals surface area (Å²) in [6.45, 7) is 0.546. The second kappa shape index (κ2) is 5.41. The summed E-state index contributed by atoms with van der Waals surface area (Å²) in [6, 6.07) is 11.4. The van der Waals surface area contributed by atoms with Crippen molar-refractivity contribution in [3.8, 4) is 6.07 Å². The van der Waals surface area contributed by atoms with Gasteiger partial charge in [0.25, 0.3) is 0 Å². The maximum atomic E-state index is 9.00. The molecule has 0 fully saturated rings. The lowest BCUT2D eigenvalue weighted by Crippen LogP contribution is -2.03. The van der Waals surface area contributed by atoms with Crippen LogP contribution in [-0.2, 0) is 6.54 Å². The third-order valence-electron chi connectivity index (χ3n) is 2.19. The van der Waals surface area contributed by atoms with Gasteiger partial charge in [-0.25, -0.2) is 0 Å². The molecule has 0 unspecified atom stereocenters. The van der Waals surface area contributed by atoms with Crippen molar-refractivity contribution in [2.75, 3.05) is 5.32 Å². The predicted octanol–water partition coefficient (Wildman–Crippen LogP) is 2.72. The number of anilines is 1. The summed E-state index contributed by atoms with van der Waals surface area (Å²) in [6.07, 6.45) is 1.63. The Morgan fingerprint density at radius 1 is 1.35 bits per heavy atom. The van der Waals surface area contributed by atoms with Crippen LogP contribution in [0.4, 0.5) is 5.69 Å². The molecule has 1 heterocycles. The van der Waals surface area contributed by atoms with Crippen LogP contribution in [0, 0.1) is 11.3 Å². The molecule has 0 atom stereocenters. The molecule has 0 bridgehead atoms. The lowest BCUT2D eigenvalue weighted by atomic mass is 10.2. The maximum Gasteiger partial charge on any atom is 0.101 e. The number of nitrogens with one attached hydrogen (secondary N) is 1. The van der Waals surface area contributed by atoms with Crippen molar-refractivity contribution in [3.05, 3.63) is 52.3 Å². The highest BCUT2D eigenvalue weighted by Crippen LogP contribution is 2.20. The molecule has 0 spiro atoms. The Bertz CT molecular complexity index is 548. The van der Waals surface area contributed by atoms with Gasteiger partial charge in [0.1, 0.15) is 6.07 Å². The van der Waals surface area contributed by atoms with E-state index in [9.17, 15) is 0 Å². The van der Waals surface area contributed by atoms with E-state index in [1.54, 1.807) is 12.3 Å². The molecule has 1 aromatic carbocycles. The first-order valence-electron chi connectivity index (χ1n) is 4.99. The zero-order chi connectivity index (χ0) is 12.1. The van der Waals surface area contributed by atoms with E-state index in [4.69, 9.17) is 5.26 Å². The normalized spacial score (nSPS) is 9.65. The predicted molar refractivity (Wildman–Crippen MR) is 68.2 cm³/mol. The van der Waals surface area contributed by atoms with Crippen molar-refractivity contribution >= 4 is 21.6 Å². The van der Waals surface area contributed by atoms with Gasteiger partial charge in [-0.05, 0) is 30.3 Å². The Morgan fingerprint density at radius 2 is 2.24 bits per heavy atom. The van der Waals surface area contributed by atoms with E-state index < -0.39 is 0 Å². The highest BCUT2D eigenvalue weighted by atomic mass is 79.9. The van der Waals surface area contributed by atoms with E-state index in [1.807, 2.05) is 24.3 Å². The van der Waals surface area contributed by atoms with E-state index in [1.165, 1.54) is 0 Å². The first-order chi connectivity index (χ1) is 8.29. The summed E-state index contributed by atoms with van der Waals surface area (Å²) >= 11 is 3.33. The summed E-state index contributed by atoms with van der Waals surface area (Å²) < 4.78 is 0.888. The van der Waals surface area contributed by atoms with Crippen LogP contribution in [0.3, 0.4) is 0 Å². The third kappa shape index (κ3) is 3.02. The maximum absolute atomic E-state index is 9.00. The van der Waals surface area contributed by atoms with Crippen molar-refractivity contribution in [2.45, 2.75) is 6.54 Å². The summed E-state index contributed by atoms with van der Waals surface area (Å²) in [5.74, 6) is 0. The molecular formula is C12H9BrN4. The lowest BCUT2D eigenvalue weighted by molar-refractivity contribution is 0.924. The smallest absolute Gasteiger partial charge is 0.101 e. The number of hydrogen-bond acceptors (Lipinski definition) is 4. The number of nitrogens with zero attached hydrogens (tertiary/aromatic N) is 3. The van der Waals surface area contributed by atoms with Gasteiger partial charge in [0.05, 0.1) is 23.5 Å². The Balaban J connectivity index is 2.12. The molecule has 2 aromatic rings. The third-order valence-corrected chi connectivity index (χ3v) is 2.68. The van der Waals surface area contributed by atoms with Crippen molar-refractivity contribution < 1.29 is 0 Å². The Hall–Kier alpha value is -1.93. The van der Waals surface area contributed by atoms with Crippen LogP contribution >= 0.6 is 15.9 Å². The topological polar surface area (TPSA) is 61.6 Å². The van der Waals surface area contributed by atoms with Gasteiger partial charge in [-0.2, -0.15) is 15.5 Å². The average Bonchev–Trinajstić information content (AvgIpc) is 2.38. The molecular weight excluding hydrogens is 280 g/mol. The molecule has 0 aliphatic rings. The number of nitriles is 1. The molecule has 5 heteroatoms. The minimum Gasteiger partial charge on any atom is -0.378 e. The zero-order valence-electron chi connectivity index (χ0n) is 8.89. The number of aromatic nitrogens is 2. The molecule has 4 nitrogen and oxygen atoms in total. The molecule has 0 saturated carbocycles. The second-order valence-electron chi connectivity index (χ2n) is 3.37. The van der Waals surface area contributed by atoms with Crippen LogP contribution in [-0.4, -0.2) is 10.2 Å². The fourth-order valence-electron chi connectivity index (χ4n) is 1.38. The lowest BCUT2D eigenvalue weighted by Gasteiger charge is -2.07. The van der Waals surface area contributed by atoms with Gasteiger partial charge in [0.2, 0.25) is 0 Å². The van der Waals surface area contributed by atoms with Crippen LogP contribution in [0.15, 0.2) is 41.0 Å². The summed E-state index contributed by atoms with van der Waals surface area (Å²) in [5, 5.41) is 19.9. The molecule has 17 heavy (non-hydrogen) atoms. The van der Waals surface area contributed by atoms with Crippen LogP contribution in [0.2, 0.25) is 0 Å². The molecule has 0 aliphatic carbocycles. The number of rotatable bonds is 3. The molecule has 1 aromatic heterocycles. The SMILES string of the molecule is N#Cc1cc(Br)ccc1NCc1cccnn1. The first-order valence-corrected chi connectivity index (χ1v) is 5.79. The van der Waals surface area contributed by atoms with Crippen molar-refractivity contribution in [3.63, 3.8) is 0 Å². The van der Waals surface area contributed by atoms with Gasteiger partial charge in [-0.1, -0.05) is 15.9 Å². The molecule has 1 N–H and O–H groups in total. The van der Waals surface area contributed by atoms with Crippen LogP contribution in [0.1, 0.15) is 11.3 Å². The summed E-state index contributed by atoms with van der Waals surface area (Å²) in [4.78, 5) is 0. The number of benzene rings is 1. The molecule has 0 radical (unpaired) electrons. The second-order valence-corrected chi connectivity index (χ2v) is 4.29. The number of hydrogen-bond donors (Lipinski definition) is 1. The molecule has 0 amide bonds. The zero-order valence-corrected chi connectivity index (χ0v) is 10.5. The highest BCUT2D eigenvalue weighted by Gasteiger charge is 2.02. The van der Waals surface area contributed by atoms with E-state index in [2.05, 4.69) is 37.5 Å². The Morgan fingerprint density at radius 3 is 2.94 bits per heavy atom. The highest BCUT2D eigenvalue weighted by molar-refractivity contribution is 9.10. The van der Waals surface area contributed by atoms with Crippen molar-refractivity contribution in [2.24, 2.45) is 0 Å². The fraction of sp³-hybridized carbons (Fsp3) is 0.0833. The largest absolute Gasteiger partial charge is 0.378 e. The Labute approximate surface area is 107 Å². The fourth-order valence-corrected chi connectivity index (χ4v) is 1.74. The number of halogens is 1. The van der Waals surface area contributed by atoms with Crippen LogP contribution in [0.5, 0.6) is 0 Å². The van der Waals surface area contributed by atoms with E-state index >= 15 is 0 Å². The summed E-state index contributed by atoms with van der Waals surface area (Å²) in [5.41, 5.74) is 2.23. The minimum absolute atomic E-state index is 0.546.